The molecule has 5 atom stereocenters. The Labute approximate surface area is 284 Å². The third-order valence-electron chi connectivity index (χ3n) is 9.71. The van der Waals surface area contributed by atoms with Gasteiger partial charge in [-0.25, -0.2) is 0 Å². The number of ether oxygens (including phenoxy) is 2. The number of epoxide rings is 1. The van der Waals surface area contributed by atoms with Crippen LogP contribution in [0, 0.1) is 10.8 Å². The second-order valence-electron chi connectivity index (χ2n) is 15.6. The van der Waals surface area contributed by atoms with E-state index in [1.54, 1.807) is 6.92 Å². The van der Waals surface area contributed by atoms with Crippen LogP contribution in [0.1, 0.15) is 102 Å². The Morgan fingerprint density at radius 2 is 1.30 bits per heavy atom. The summed E-state index contributed by atoms with van der Waals surface area (Å²) in [7, 11) is 0. The van der Waals surface area contributed by atoms with E-state index in [0.717, 1.165) is 34.3 Å². The van der Waals surface area contributed by atoms with Crippen molar-refractivity contribution in [3.8, 4) is 0 Å². The summed E-state index contributed by atoms with van der Waals surface area (Å²) in [5.41, 5.74) is 6.50. The van der Waals surface area contributed by atoms with E-state index in [4.69, 9.17) is 9.47 Å². The molecule has 256 valence electrons. The molecule has 2 aliphatic carbocycles. The Bertz CT molecular complexity index is 1470. The average molecular weight is 643 g/mol. The number of esters is 1. The van der Waals surface area contributed by atoms with E-state index in [1.807, 2.05) is 37.3 Å². The van der Waals surface area contributed by atoms with Crippen molar-refractivity contribution in [2.75, 3.05) is 0 Å². The van der Waals surface area contributed by atoms with Gasteiger partial charge in [-0.2, -0.15) is 0 Å². The largest absolute Gasteiger partial charge is 0.462 e. The Hall–Kier alpha value is -3.21. The minimum atomic E-state index is -1.09. The first-order valence-corrected chi connectivity index (χ1v) is 16.9. The van der Waals surface area contributed by atoms with Crippen molar-refractivity contribution in [2.45, 2.75) is 131 Å². The number of aliphatic hydroxyl groups is 2. The highest BCUT2D eigenvalue weighted by molar-refractivity contribution is 5.66. The van der Waals surface area contributed by atoms with Crippen molar-refractivity contribution in [3.05, 3.63) is 113 Å². The van der Waals surface area contributed by atoms with Gasteiger partial charge >= 0.3 is 5.97 Å². The standard InChI is InChI=1S/C42H58O5/c1-30(18-14-20-32(3)22-23-37-38(6,7)28-36(46-34(5)43)29-40(37,10)45)16-12-13-17-31(2)19-15-21-33(4)24-25-42-39(8,9)26-35(44)27-41(42,11)47-42/h12-22,24-25,35-36,44-45H,26-29H2,1-11H3/b13-12+,18-14+,19-15+,25-24+,30-16+,31-17+,32-20+,33-21+. The number of allylic oxidation sites excluding steroid dienone is 15. The zero-order valence-corrected chi connectivity index (χ0v) is 30.6. The molecule has 1 heterocycles. The van der Waals surface area contributed by atoms with Crippen LogP contribution >= 0.6 is 0 Å². The van der Waals surface area contributed by atoms with Crippen molar-refractivity contribution >= 4 is 5.97 Å². The van der Waals surface area contributed by atoms with Crippen LogP contribution < -0.4 is 0 Å². The molecule has 1 saturated heterocycles. The summed E-state index contributed by atoms with van der Waals surface area (Å²) in [5, 5.41) is 21.4. The van der Waals surface area contributed by atoms with E-state index in [0.29, 0.717) is 19.3 Å². The zero-order chi connectivity index (χ0) is 35.3. The second kappa shape index (κ2) is 14.9. The van der Waals surface area contributed by atoms with Crippen LogP contribution in [0.5, 0.6) is 0 Å². The maximum absolute atomic E-state index is 11.4. The summed E-state index contributed by atoms with van der Waals surface area (Å²) < 4.78 is 11.7. The monoisotopic (exact) mass is 642 g/mol. The predicted octanol–water partition coefficient (Wildman–Crippen LogP) is 9.29. The quantitative estimate of drug-likeness (QED) is 0.107. The van der Waals surface area contributed by atoms with E-state index < -0.39 is 5.60 Å². The molecule has 0 aromatic heterocycles. The molecule has 2 N–H and O–H groups in total. The van der Waals surface area contributed by atoms with Crippen molar-refractivity contribution in [1.29, 1.82) is 0 Å². The molecule has 3 aliphatic rings. The van der Waals surface area contributed by atoms with E-state index >= 15 is 0 Å². The molecular formula is C42H58O5. The van der Waals surface area contributed by atoms with Crippen LogP contribution in [0.2, 0.25) is 0 Å². The first kappa shape index (κ1) is 38.2. The van der Waals surface area contributed by atoms with E-state index in [2.05, 4.69) is 110 Å². The van der Waals surface area contributed by atoms with Gasteiger partial charge in [-0.3, -0.25) is 4.79 Å². The van der Waals surface area contributed by atoms with Gasteiger partial charge in [0.1, 0.15) is 17.3 Å². The normalized spacial score (nSPS) is 33.1. The maximum Gasteiger partial charge on any atom is 0.302 e. The molecule has 0 bridgehead atoms. The average Bonchev–Trinajstić information content (AvgIpc) is 3.53. The highest BCUT2D eigenvalue weighted by Crippen LogP contribution is 2.66. The minimum Gasteiger partial charge on any atom is -0.462 e. The molecule has 2 saturated carbocycles. The van der Waals surface area contributed by atoms with Crippen molar-refractivity contribution < 1.29 is 24.5 Å². The van der Waals surface area contributed by atoms with Gasteiger partial charge in [0.2, 0.25) is 0 Å². The van der Waals surface area contributed by atoms with Crippen molar-refractivity contribution in [3.63, 3.8) is 0 Å². The summed E-state index contributed by atoms with van der Waals surface area (Å²) in [5.74, 6) is -0.318. The van der Waals surface area contributed by atoms with Gasteiger partial charge in [0, 0.05) is 30.8 Å². The van der Waals surface area contributed by atoms with Crippen LogP contribution in [-0.4, -0.2) is 45.2 Å². The lowest BCUT2D eigenvalue weighted by Crippen LogP contribution is -2.46. The van der Waals surface area contributed by atoms with E-state index in [9.17, 15) is 15.0 Å². The van der Waals surface area contributed by atoms with Gasteiger partial charge < -0.3 is 19.7 Å². The Balaban J connectivity index is 1.54. The molecule has 0 aromatic rings. The van der Waals surface area contributed by atoms with E-state index in [-0.39, 0.29) is 40.2 Å². The smallest absolute Gasteiger partial charge is 0.302 e. The summed E-state index contributed by atoms with van der Waals surface area (Å²) in [6.07, 6.45) is 28.7. The molecular weight excluding hydrogens is 584 g/mol. The minimum absolute atomic E-state index is 0.109. The number of carbonyl (C=O) groups excluding carboxylic acids is 1. The number of hydrogen-bond acceptors (Lipinski definition) is 5. The first-order valence-electron chi connectivity index (χ1n) is 16.9. The van der Waals surface area contributed by atoms with Crippen molar-refractivity contribution in [2.24, 2.45) is 10.8 Å². The molecule has 3 rings (SSSR count). The topological polar surface area (TPSA) is 79.3 Å². The van der Waals surface area contributed by atoms with Crippen LogP contribution in [0.25, 0.3) is 0 Å². The molecule has 0 aromatic carbocycles. The summed E-state index contributed by atoms with van der Waals surface area (Å²) in [6.45, 7) is 22.0. The van der Waals surface area contributed by atoms with Crippen molar-refractivity contribution in [1.82, 2.24) is 0 Å². The van der Waals surface area contributed by atoms with Gasteiger partial charge in [-0.1, -0.05) is 111 Å². The van der Waals surface area contributed by atoms with E-state index in [1.165, 1.54) is 6.92 Å². The Morgan fingerprint density at radius 3 is 1.83 bits per heavy atom. The first-order chi connectivity index (χ1) is 21.7. The van der Waals surface area contributed by atoms with Gasteiger partial charge in [0.25, 0.3) is 0 Å². The fraction of sp³-hybridized carbons (Fsp3) is 0.524. The SMILES string of the molecule is CC(=O)OC1CC(C)(C)C(=C=C/C(C)=C/C=C/C(C)=C/C=C/C=C(C)/C=C/C=C(C)/C=C/C23OC2(C)CC(O)CC3(C)C)C(C)(O)C1. The third-order valence-corrected chi connectivity index (χ3v) is 9.71. The fourth-order valence-electron chi connectivity index (χ4n) is 7.53. The molecule has 0 radical (unpaired) electrons. The number of aliphatic hydroxyl groups excluding tert-OH is 1. The molecule has 5 heteroatoms. The highest BCUT2D eigenvalue weighted by Gasteiger charge is 2.74. The lowest BCUT2D eigenvalue weighted by molar-refractivity contribution is -0.152. The van der Waals surface area contributed by atoms with Gasteiger partial charge in [-0.15, -0.1) is 5.73 Å². The summed E-state index contributed by atoms with van der Waals surface area (Å²) in [6, 6.07) is 0. The Morgan fingerprint density at radius 1 is 0.766 bits per heavy atom. The third kappa shape index (κ3) is 9.90. The number of carbonyl (C=O) groups is 1. The molecule has 0 amide bonds. The number of fused-ring (bicyclic) bond motifs is 1. The maximum atomic E-state index is 11.4. The van der Waals surface area contributed by atoms with Gasteiger partial charge in [-0.05, 0) is 77.5 Å². The molecule has 5 unspecified atom stereocenters. The summed E-state index contributed by atoms with van der Waals surface area (Å²) in [4.78, 5) is 11.4. The van der Waals surface area contributed by atoms with Gasteiger partial charge in [0.15, 0.2) is 0 Å². The van der Waals surface area contributed by atoms with Crippen LogP contribution in [0.3, 0.4) is 0 Å². The summed E-state index contributed by atoms with van der Waals surface area (Å²) >= 11 is 0. The predicted molar refractivity (Wildman–Crippen MR) is 194 cm³/mol. The zero-order valence-electron chi connectivity index (χ0n) is 30.6. The molecule has 47 heavy (non-hydrogen) atoms. The molecule has 5 nitrogen and oxygen atoms in total. The van der Waals surface area contributed by atoms with Crippen LogP contribution in [-0.2, 0) is 14.3 Å². The van der Waals surface area contributed by atoms with Crippen LogP contribution in [0.15, 0.2) is 113 Å². The molecule has 3 fully saturated rings. The Kier molecular flexibility index (Phi) is 12.1. The fourth-order valence-corrected chi connectivity index (χ4v) is 7.53. The lowest BCUT2D eigenvalue weighted by Gasteiger charge is -2.44. The second-order valence-corrected chi connectivity index (χ2v) is 15.6. The number of hydrogen-bond donors (Lipinski definition) is 2. The highest BCUT2D eigenvalue weighted by atomic mass is 16.6. The van der Waals surface area contributed by atoms with Crippen LogP contribution in [0.4, 0.5) is 0 Å². The molecule has 1 aliphatic heterocycles. The lowest BCUT2D eigenvalue weighted by atomic mass is 9.63. The molecule has 0 spiro atoms. The van der Waals surface area contributed by atoms with Gasteiger partial charge in [0.05, 0.1) is 11.7 Å². The number of rotatable bonds is 10.